The van der Waals surface area contributed by atoms with Crippen LogP contribution in [0.5, 0.6) is 0 Å². The van der Waals surface area contributed by atoms with Crippen LogP contribution in [0.3, 0.4) is 0 Å². The molecule has 0 unspecified atom stereocenters. The summed E-state index contributed by atoms with van der Waals surface area (Å²) < 4.78 is 0. The molecule has 7 rings (SSSR count). The van der Waals surface area contributed by atoms with Gasteiger partial charge in [0.1, 0.15) is 4.99 Å². The quantitative estimate of drug-likeness (QED) is 0.734. The Balaban J connectivity index is 1.31. The SMILES string of the molecule is O=C(O)c1ccc(N2Cc3nc(C45CC6CC(CC(C6)C4)C5)ccc3C2=S)cc1. The molecule has 29 heavy (non-hydrogen) atoms. The Labute approximate surface area is 176 Å². The third-order valence-corrected chi connectivity index (χ3v) is 8.21. The van der Waals surface area contributed by atoms with Gasteiger partial charge in [-0.15, -0.1) is 0 Å². The van der Waals surface area contributed by atoms with E-state index in [9.17, 15) is 4.79 Å². The third kappa shape index (κ3) is 2.67. The summed E-state index contributed by atoms with van der Waals surface area (Å²) in [6.07, 6.45) is 8.26. The molecule has 5 heteroatoms. The van der Waals surface area contributed by atoms with Gasteiger partial charge in [0.2, 0.25) is 0 Å². The van der Waals surface area contributed by atoms with Crippen LogP contribution in [0.4, 0.5) is 5.69 Å². The monoisotopic (exact) mass is 404 g/mol. The van der Waals surface area contributed by atoms with Gasteiger partial charge in [-0.25, -0.2) is 4.79 Å². The fourth-order valence-corrected chi connectivity index (χ4v) is 7.25. The van der Waals surface area contributed by atoms with Crippen molar-refractivity contribution in [2.24, 2.45) is 17.8 Å². The van der Waals surface area contributed by atoms with Crippen LogP contribution in [0.1, 0.15) is 65.8 Å². The minimum absolute atomic E-state index is 0.290. The molecular formula is C24H24N2O2S. The van der Waals surface area contributed by atoms with Crippen molar-refractivity contribution in [2.75, 3.05) is 4.90 Å². The van der Waals surface area contributed by atoms with Crippen LogP contribution in [0, 0.1) is 17.8 Å². The summed E-state index contributed by atoms with van der Waals surface area (Å²) in [5.41, 5.74) is 4.93. The van der Waals surface area contributed by atoms with Gasteiger partial charge in [-0.2, -0.15) is 0 Å². The molecule has 2 aromatic rings. The number of nitrogens with zero attached hydrogens (tertiary/aromatic N) is 2. The third-order valence-electron chi connectivity index (χ3n) is 7.77. The molecule has 1 aromatic heterocycles. The Bertz CT molecular complexity index is 994. The molecule has 4 fully saturated rings. The van der Waals surface area contributed by atoms with Crippen LogP contribution in [-0.4, -0.2) is 21.0 Å². The Morgan fingerprint density at radius 2 is 1.62 bits per heavy atom. The van der Waals surface area contributed by atoms with Gasteiger partial charge in [0.15, 0.2) is 0 Å². The smallest absolute Gasteiger partial charge is 0.335 e. The standard InChI is InChI=1S/C24H24N2O2S/c27-23(28)17-1-3-18(4-2-17)26-13-20-19(22(26)29)5-6-21(25-20)24-10-14-7-15(11-24)9-16(8-14)12-24/h1-6,14-16H,7-13H2,(H,27,28). The lowest BCUT2D eigenvalue weighted by Gasteiger charge is -2.56. The number of pyridine rings is 1. The molecule has 0 spiro atoms. The zero-order chi connectivity index (χ0) is 19.8. The topological polar surface area (TPSA) is 53.4 Å². The summed E-state index contributed by atoms with van der Waals surface area (Å²) in [6, 6.07) is 11.4. The number of carboxylic acid groups (broad SMARTS) is 1. The van der Waals surface area contributed by atoms with Gasteiger partial charge in [-0.3, -0.25) is 4.98 Å². The first kappa shape index (κ1) is 17.6. The average molecular weight is 405 g/mol. The second kappa shape index (κ2) is 6.11. The predicted molar refractivity (Wildman–Crippen MR) is 115 cm³/mol. The number of carboxylic acids is 1. The van der Waals surface area contributed by atoms with Gasteiger partial charge < -0.3 is 10.0 Å². The zero-order valence-corrected chi connectivity index (χ0v) is 17.1. The van der Waals surface area contributed by atoms with Crippen molar-refractivity contribution >= 4 is 28.9 Å². The summed E-state index contributed by atoms with van der Waals surface area (Å²) in [4.78, 5) is 19.2. The molecule has 4 nitrogen and oxygen atoms in total. The van der Waals surface area contributed by atoms with Crippen LogP contribution in [-0.2, 0) is 12.0 Å². The van der Waals surface area contributed by atoms with E-state index in [1.54, 1.807) is 12.1 Å². The van der Waals surface area contributed by atoms with E-state index in [-0.39, 0.29) is 0 Å². The molecule has 0 amide bonds. The maximum absolute atomic E-state index is 11.1. The van der Waals surface area contributed by atoms with Crippen molar-refractivity contribution in [1.82, 2.24) is 4.98 Å². The number of carbonyl (C=O) groups is 1. The number of rotatable bonds is 3. The molecule has 1 N–H and O–H groups in total. The average Bonchev–Trinajstić information content (AvgIpc) is 3.03. The molecule has 5 aliphatic rings. The minimum Gasteiger partial charge on any atom is -0.478 e. The van der Waals surface area contributed by atoms with Crippen LogP contribution < -0.4 is 4.90 Å². The number of hydrogen-bond acceptors (Lipinski definition) is 3. The summed E-state index contributed by atoms with van der Waals surface area (Å²) in [5.74, 6) is 1.80. The van der Waals surface area contributed by atoms with Crippen LogP contribution in [0.15, 0.2) is 36.4 Å². The first-order valence-corrected chi connectivity index (χ1v) is 11.1. The van der Waals surface area contributed by atoms with Gasteiger partial charge in [0.25, 0.3) is 0 Å². The first-order chi connectivity index (χ1) is 14.0. The number of benzene rings is 1. The fraction of sp³-hybridized carbons (Fsp3) is 0.458. The van der Waals surface area contributed by atoms with E-state index in [2.05, 4.69) is 17.0 Å². The van der Waals surface area contributed by atoms with Gasteiger partial charge in [-0.1, -0.05) is 12.2 Å². The maximum atomic E-state index is 11.1. The zero-order valence-electron chi connectivity index (χ0n) is 16.3. The summed E-state index contributed by atoms with van der Waals surface area (Å²) >= 11 is 5.74. The molecule has 4 aliphatic carbocycles. The number of aromatic nitrogens is 1. The Morgan fingerprint density at radius 3 is 2.21 bits per heavy atom. The number of anilines is 1. The Kier molecular flexibility index (Phi) is 3.71. The molecule has 0 atom stereocenters. The highest BCUT2D eigenvalue weighted by Gasteiger charge is 2.52. The number of thiocarbonyl (C=S) groups is 1. The van der Waals surface area contributed by atoms with E-state index in [0.717, 1.165) is 39.7 Å². The highest BCUT2D eigenvalue weighted by Crippen LogP contribution is 2.60. The fourth-order valence-electron chi connectivity index (χ4n) is 6.90. The molecule has 1 aliphatic heterocycles. The lowest BCUT2D eigenvalue weighted by Crippen LogP contribution is -2.49. The van der Waals surface area contributed by atoms with E-state index < -0.39 is 5.97 Å². The molecular weight excluding hydrogens is 380 g/mol. The summed E-state index contributed by atoms with van der Waals surface area (Å²) in [5, 5.41) is 9.13. The van der Waals surface area contributed by atoms with E-state index in [1.165, 1.54) is 44.2 Å². The van der Waals surface area contributed by atoms with E-state index in [0.29, 0.717) is 17.5 Å². The second-order valence-corrected chi connectivity index (χ2v) is 10.0. The minimum atomic E-state index is -0.911. The molecule has 2 heterocycles. The molecule has 148 valence electrons. The summed E-state index contributed by atoms with van der Waals surface area (Å²) in [7, 11) is 0. The normalized spacial score (nSPS) is 31.9. The van der Waals surface area contributed by atoms with Gasteiger partial charge in [0.05, 0.1) is 17.8 Å². The maximum Gasteiger partial charge on any atom is 0.335 e. The van der Waals surface area contributed by atoms with Crippen LogP contribution in [0.2, 0.25) is 0 Å². The van der Waals surface area contributed by atoms with Crippen molar-refractivity contribution in [3.8, 4) is 0 Å². The first-order valence-electron chi connectivity index (χ1n) is 10.7. The molecule has 0 radical (unpaired) electrons. The molecule has 0 saturated heterocycles. The molecule has 4 saturated carbocycles. The Hall–Kier alpha value is -2.27. The lowest BCUT2D eigenvalue weighted by atomic mass is 9.49. The van der Waals surface area contributed by atoms with E-state index in [4.69, 9.17) is 22.3 Å². The number of aromatic carboxylic acids is 1. The van der Waals surface area contributed by atoms with E-state index in [1.807, 2.05) is 12.1 Å². The van der Waals surface area contributed by atoms with Crippen molar-refractivity contribution in [3.05, 3.63) is 58.9 Å². The molecule has 4 bridgehead atoms. The number of fused-ring (bicyclic) bond motifs is 1. The highest BCUT2D eigenvalue weighted by molar-refractivity contribution is 7.81. The van der Waals surface area contributed by atoms with Gasteiger partial charge in [-0.05, 0) is 92.7 Å². The van der Waals surface area contributed by atoms with Crippen LogP contribution >= 0.6 is 12.2 Å². The largest absolute Gasteiger partial charge is 0.478 e. The summed E-state index contributed by atoms with van der Waals surface area (Å²) in [6.45, 7) is 0.667. The van der Waals surface area contributed by atoms with Crippen molar-refractivity contribution in [3.63, 3.8) is 0 Å². The van der Waals surface area contributed by atoms with Crippen molar-refractivity contribution < 1.29 is 9.90 Å². The van der Waals surface area contributed by atoms with Gasteiger partial charge >= 0.3 is 5.97 Å². The number of hydrogen-bond donors (Lipinski definition) is 1. The van der Waals surface area contributed by atoms with Crippen LogP contribution in [0.25, 0.3) is 0 Å². The van der Waals surface area contributed by atoms with E-state index >= 15 is 0 Å². The second-order valence-electron chi connectivity index (χ2n) is 9.63. The predicted octanol–water partition coefficient (Wildman–Crippen LogP) is 4.94. The van der Waals surface area contributed by atoms with Crippen molar-refractivity contribution in [1.29, 1.82) is 0 Å². The lowest BCUT2D eigenvalue weighted by molar-refractivity contribution is -0.00727. The van der Waals surface area contributed by atoms with Gasteiger partial charge in [0, 0.05) is 22.4 Å². The molecule has 1 aromatic carbocycles. The van der Waals surface area contributed by atoms with Crippen molar-refractivity contribution in [2.45, 2.75) is 50.5 Å². The highest BCUT2D eigenvalue weighted by atomic mass is 32.1. The Morgan fingerprint density at radius 1 is 1.00 bits per heavy atom.